The number of carbonyl (C=O) groups is 1. The standard InChI is InChI=1S/C25H23N3OS2/c1-27(2)22-14-8-18(9-15-22)16-23-24(29)28(25(30)31-23)17-26-21-12-10-20(11-13-21)19-6-4-3-5-7-19/h3-16,26H,17H2,1-2H3/b23-16-. The van der Waals surface area contributed by atoms with Gasteiger partial charge in [0.1, 0.15) is 4.32 Å². The Morgan fingerprint density at radius 3 is 2.23 bits per heavy atom. The molecule has 1 amide bonds. The van der Waals surface area contributed by atoms with Crippen molar-refractivity contribution in [3.8, 4) is 11.1 Å². The van der Waals surface area contributed by atoms with E-state index >= 15 is 0 Å². The number of anilines is 2. The molecule has 0 bridgehead atoms. The highest BCUT2D eigenvalue weighted by molar-refractivity contribution is 8.26. The van der Waals surface area contributed by atoms with Crippen LogP contribution in [0.3, 0.4) is 0 Å². The number of benzene rings is 3. The first-order chi connectivity index (χ1) is 15.0. The topological polar surface area (TPSA) is 35.6 Å². The number of rotatable bonds is 6. The van der Waals surface area contributed by atoms with Crippen molar-refractivity contribution in [2.45, 2.75) is 0 Å². The van der Waals surface area contributed by atoms with Crippen LogP contribution in [0.2, 0.25) is 0 Å². The normalized spacial score (nSPS) is 14.9. The Hall–Kier alpha value is -3.09. The molecule has 0 radical (unpaired) electrons. The SMILES string of the molecule is CN(C)c1ccc(/C=C2\SC(=S)N(CNc3ccc(-c4ccccc4)cc3)C2=O)cc1. The van der Waals surface area contributed by atoms with Gasteiger partial charge >= 0.3 is 0 Å². The maximum atomic E-state index is 12.9. The largest absolute Gasteiger partial charge is 0.378 e. The number of thiocarbonyl (C=S) groups is 1. The molecule has 0 aromatic heterocycles. The molecular weight excluding hydrogens is 422 g/mol. The molecular formula is C25H23N3OS2. The van der Waals surface area contributed by atoms with E-state index in [1.165, 1.54) is 17.3 Å². The Morgan fingerprint density at radius 1 is 0.935 bits per heavy atom. The molecule has 0 spiro atoms. The quantitative estimate of drug-likeness (QED) is 0.390. The van der Waals surface area contributed by atoms with Crippen LogP contribution in [-0.4, -0.2) is 35.9 Å². The summed E-state index contributed by atoms with van der Waals surface area (Å²) < 4.78 is 0.564. The van der Waals surface area contributed by atoms with Gasteiger partial charge in [-0.05, 0) is 47.0 Å². The summed E-state index contributed by atoms with van der Waals surface area (Å²) >= 11 is 6.79. The Kier molecular flexibility index (Phi) is 6.39. The van der Waals surface area contributed by atoms with Crippen molar-refractivity contribution in [1.82, 2.24) is 4.90 Å². The first-order valence-corrected chi connectivity index (χ1v) is 11.2. The van der Waals surface area contributed by atoms with Gasteiger partial charge in [0.2, 0.25) is 0 Å². The summed E-state index contributed by atoms with van der Waals surface area (Å²) in [6, 6.07) is 26.5. The molecule has 1 N–H and O–H groups in total. The van der Waals surface area contributed by atoms with Gasteiger partial charge in [-0.15, -0.1) is 0 Å². The van der Waals surface area contributed by atoms with Gasteiger partial charge in [0.25, 0.3) is 5.91 Å². The smallest absolute Gasteiger partial charge is 0.267 e. The maximum absolute atomic E-state index is 12.9. The third kappa shape index (κ3) is 4.98. The second kappa shape index (κ2) is 9.37. The molecule has 1 heterocycles. The molecule has 3 aromatic rings. The van der Waals surface area contributed by atoms with Crippen LogP contribution in [0.1, 0.15) is 5.56 Å². The zero-order valence-electron chi connectivity index (χ0n) is 17.4. The lowest BCUT2D eigenvalue weighted by molar-refractivity contribution is -0.121. The third-order valence-electron chi connectivity index (χ3n) is 5.01. The molecule has 1 saturated heterocycles. The van der Waals surface area contributed by atoms with Gasteiger partial charge in [-0.25, -0.2) is 0 Å². The molecule has 4 nitrogen and oxygen atoms in total. The van der Waals surface area contributed by atoms with E-state index in [4.69, 9.17) is 12.2 Å². The van der Waals surface area contributed by atoms with Crippen molar-refractivity contribution >= 4 is 51.7 Å². The van der Waals surface area contributed by atoms with E-state index in [9.17, 15) is 4.79 Å². The monoisotopic (exact) mass is 445 g/mol. The maximum Gasteiger partial charge on any atom is 0.267 e. The number of thioether (sulfide) groups is 1. The van der Waals surface area contributed by atoms with Crippen LogP contribution in [0, 0.1) is 0 Å². The van der Waals surface area contributed by atoms with Crippen molar-refractivity contribution < 1.29 is 4.79 Å². The number of amides is 1. The van der Waals surface area contributed by atoms with E-state index < -0.39 is 0 Å². The van der Waals surface area contributed by atoms with E-state index in [-0.39, 0.29) is 5.91 Å². The van der Waals surface area contributed by atoms with Crippen molar-refractivity contribution in [2.75, 3.05) is 31.0 Å². The van der Waals surface area contributed by atoms with Crippen LogP contribution < -0.4 is 10.2 Å². The van der Waals surface area contributed by atoms with Crippen molar-refractivity contribution in [3.05, 3.63) is 89.3 Å². The van der Waals surface area contributed by atoms with Crippen molar-refractivity contribution in [2.24, 2.45) is 0 Å². The predicted molar refractivity (Wildman–Crippen MR) is 136 cm³/mol. The minimum absolute atomic E-state index is 0.0694. The van der Waals surface area contributed by atoms with Gasteiger partial charge in [-0.3, -0.25) is 9.69 Å². The Labute approximate surface area is 192 Å². The molecule has 156 valence electrons. The first kappa shape index (κ1) is 21.2. The van der Waals surface area contributed by atoms with Crippen LogP contribution in [0.5, 0.6) is 0 Å². The lowest BCUT2D eigenvalue weighted by Crippen LogP contribution is -2.33. The lowest BCUT2D eigenvalue weighted by Gasteiger charge is -2.16. The minimum Gasteiger partial charge on any atom is -0.378 e. The summed E-state index contributed by atoms with van der Waals surface area (Å²) in [5.74, 6) is -0.0694. The second-order valence-electron chi connectivity index (χ2n) is 7.37. The Bertz CT molecular complexity index is 1110. The van der Waals surface area contributed by atoms with Gasteiger partial charge < -0.3 is 10.2 Å². The van der Waals surface area contributed by atoms with Gasteiger partial charge in [0.15, 0.2) is 0 Å². The fourth-order valence-corrected chi connectivity index (χ4v) is 4.49. The summed E-state index contributed by atoms with van der Waals surface area (Å²) in [5.41, 5.74) is 5.37. The van der Waals surface area contributed by atoms with E-state index in [0.29, 0.717) is 15.9 Å². The van der Waals surface area contributed by atoms with Gasteiger partial charge in [0, 0.05) is 25.5 Å². The molecule has 1 fully saturated rings. The number of nitrogens with one attached hydrogen (secondary N) is 1. The summed E-state index contributed by atoms with van der Waals surface area (Å²) in [4.78, 5) is 17.1. The minimum atomic E-state index is -0.0694. The molecule has 0 aliphatic carbocycles. The summed E-state index contributed by atoms with van der Waals surface area (Å²) in [6.45, 7) is 0.340. The average Bonchev–Trinajstić information content (AvgIpc) is 3.06. The van der Waals surface area contributed by atoms with E-state index in [2.05, 4.69) is 29.6 Å². The molecule has 6 heteroatoms. The van der Waals surface area contributed by atoms with Crippen LogP contribution in [0.15, 0.2) is 83.8 Å². The van der Waals surface area contributed by atoms with Gasteiger partial charge in [-0.2, -0.15) is 0 Å². The second-order valence-corrected chi connectivity index (χ2v) is 9.05. The molecule has 1 aliphatic rings. The van der Waals surface area contributed by atoms with Gasteiger partial charge in [0.05, 0.1) is 11.6 Å². The number of hydrogen-bond donors (Lipinski definition) is 1. The van der Waals surface area contributed by atoms with E-state index in [1.807, 2.05) is 79.7 Å². The average molecular weight is 446 g/mol. The highest BCUT2D eigenvalue weighted by Gasteiger charge is 2.31. The lowest BCUT2D eigenvalue weighted by atomic mass is 10.1. The molecule has 31 heavy (non-hydrogen) atoms. The fourth-order valence-electron chi connectivity index (χ4n) is 3.24. The number of carbonyl (C=O) groups excluding carboxylic acids is 1. The Balaban J connectivity index is 1.40. The van der Waals surface area contributed by atoms with E-state index in [0.717, 1.165) is 22.5 Å². The molecule has 0 atom stereocenters. The van der Waals surface area contributed by atoms with Crippen molar-refractivity contribution in [3.63, 3.8) is 0 Å². The fraction of sp³-hybridized carbons (Fsp3) is 0.120. The first-order valence-electron chi connectivity index (χ1n) is 9.93. The zero-order chi connectivity index (χ0) is 21.8. The highest BCUT2D eigenvalue weighted by atomic mass is 32.2. The summed E-state index contributed by atoms with van der Waals surface area (Å²) in [6.07, 6.45) is 1.90. The van der Waals surface area contributed by atoms with Crippen LogP contribution >= 0.6 is 24.0 Å². The van der Waals surface area contributed by atoms with Gasteiger partial charge in [-0.1, -0.05) is 78.6 Å². The molecule has 3 aromatic carbocycles. The highest BCUT2D eigenvalue weighted by Crippen LogP contribution is 2.32. The van der Waals surface area contributed by atoms with Crippen LogP contribution in [0.25, 0.3) is 17.2 Å². The molecule has 0 unspecified atom stereocenters. The third-order valence-corrected chi connectivity index (χ3v) is 6.39. The summed E-state index contributed by atoms with van der Waals surface area (Å²) in [7, 11) is 4.00. The van der Waals surface area contributed by atoms with Crippen LogP contribution in [0.4, 0.5) is 11.4 Å². The van der Waals surface area contributed by atoms with E-state index in [1.54, 1.807) is 4.90 Å². The predicted octanol–water partition coefficient (Wildman–Crippen LogP) is 5.69. The zero-order valence-corrected chi connectivity index (χ0v) is 19.0. The molecule has 1 aliphatic heterocycles. The van der Waals surface area contributed by atoms with Crippen molar-refractivity contribution in [1.29, 1.82) is 0 Å². The molecule has 0 saturated carbocycles. The Morgan fingerprint density at radius 2 is 1.58 bits per heavy atom. The number of nitrogens with zero attached hydrogens (tertiary/aromatic N) is 2. The summed E-state index contributed by atoms with van der Waals surface area (Å²) in [5, 5.41) is 3.30. The van der Waals surface area contributed by atoms with Crippen LogP contribution in [-0.2, 0) is 4.79 Å². The molecule has 4 rings (SSSR count). The number of hydrogen-bond acceptors (Lipinski definition) is 5.